The first-order valence-electron chi connectivity index (χ1n) is 13.4. The van der Waals surface area contributed by atoms with Crippen molar-refractivity contribution in [2.75, 3.05) is 57.1 Å². The number of benzene rings is 3. The van der Waals surface area contributed by atoms with Crippen LogP contribution in [0, 0.1) is 6.92 Å². The van der Waals surface area contributed by atoms with Gasteiger partial charge in [-0.3, -0.25) is 4.79 Å². The van der Waals surface area contributed by atoms with Crippen molar-refractivity contribution in [2.24, 2.45) is 0 Å². The van der Waals surface area contributed by atoms with Gasteiger partial charge in [0.2, 0.25) is 0 Å². The van der Waals surface area contributed by atoms with E-state index in [2.05, 4.69) is 46.7 Å². The first-order chi connectivity index (χ1) is 18.9. The number of aldehydes is 1. The van der Waals surface area contributed by atoms with Crippen LogP contribution in [0.1, 0.15) is 41.3 Å². The van der Waals surface area contributed by atoms with E-state index < -0.39 is 11.0 Å². The second-order valence-electron chi connectivity index (χ2n) is 9.64. The van der Waals surface area contributed by atoms with Crippen molar-refractivity contribution >= 4 is 28.6 Å². The molecule has 1 N–H and O–H groups in total. The number of hydrogen-bond acceptors (Lipinski definition) is 6. The van der Waals surface area contributed by atoms with Crippen molar-refractivity contribution in [3.8, 4) is 11.5 Å². The van der Waals surface area contributed by atoms with E-state index in [1.807, 2.05) is 37.3 Å². The summed E-state index contributed by atoms with van der Waals surface area (Å²) in [5.74, 6) is 1.72. The molecule has 8 heteroatoms. The zero-order chi connectivity index (χ0) is 28.2. The molecule has 3 aromatic carbocycles. The zero-order valence-electron chi connectivity index (χ0n) is 23.7. The number of piperazine rings is 1. The lowest BCUT2D eigenvalue weighted by Crippen LogP contribution is -2.44. The molecule has 0 saturated carbocycles. The van der Waals surface area contributed by atoms with E-state index >= 15 is 0 Å². The van der Waals surface area contributed by atoms with Crippen molar-refractivity contribution in [3.63, 3.8) is 0 Å². The molecule has 7 nitrogen and oxygen atoms in total. The quantitative estimate of drug-likeness (QED) is 0.324. The van der Waals surface area contributed by atoms with Crippen molar-refractivity contribution in [1.82, 2.24) is 4.90 Å². The van der Waals surface area contributed by atoms with Crippen molar-refractivity contribution in [1.29, 1.82) is 0 Å². The maximum atomic E-state index is 12.3. The SMILES string of the molecule is CCCCc1ccc(NS(=O)c2ccc(C)c(C=O)c2)cc1.COc1ccc(N2CCN(C)CC2)c(OC)c1. The van der Waals surface area contributed by atoms with Crippen LogP contribution in [0.5, 0.6) is 11.5 Å². The summed E-state index contributed by atoms with van der Waals surface area (Å²) in [7, 11) is 4.15. The minimum atomic E-state index is -1.38. The molecule has 1 unspecified atom stereocenters. The Balaban J connectivity index is 0.000000223. The minimum Gasteiger partial charge on any atom is -0.497 e. The normalized spacial score (nSPS) is 14.1. The molecule has 39 heavy (non-hydrogen) atoms. The van der Waals surface area contributed by atoms with Gasteiger partial charge in [-0.25, -0.2) is 4.21 Å². The smallest absolute Gasteiger partial charge is 0.150 e. The Morgan fingerprint density at radius 3 is 2.28 bits per heavy atom. The molecule has 0 radical (unpaired) electrons. The molecule has 1 saturated heterocycles. The summed E-state index contributed by atoms with van der Waals surface area (Å²) in [4.78, 5) is 16.3. The number of likely N-dealkylation sites (N-methyl/N-ethyl adjacent to an activating group) is 1. The molecular weight excluding hydrogens is 510 g/mol. The molecule has 1 aliphatic heterocycles. The second-order valence-corrected chi connectivity index (χ2v) is 10.8. The molecule has 0 aromatic heterocycles. The third kappa shape index (κ3) is 8.83. The van der Waals surface area contributed by atoms with E-state index in [-0.39, 0.29) is 0 Å². The van der Waals surface area contributed by atoms with Gasteiger partial charge in [0, 0.05) is 43.5 Å². The Labute approximate surface area is 235 Å². The van der Waals surface area contributed by atoms with Gasteiger partial charge in [0.25, 0.3) is 0 Å². The molecule has 210 valence electrons. The van der Waals surface area contributed by atoms with Crippen LogP contribution in [0.3, 0.4) is 0 Å². The summed E-state index contributed by atoms with van der Waals surface area (Å²) in [6.07, 6.45) is 4.21. The van der Waals surface area contributed by atoms with Gasteiger partial charge >= 0.3 is 0 Å². The van der Waals surface area contributed by atoms with Crippen LogP contribution in [0.4, 0.5) is 11.4 Å². The van der Waals surface area contributed by atoms with Crippen molar-refractivity contribution in [2.45, 2.75) is 38.0 Å². The van der Waals surface area contributed by atoms with Crippen LogP contribution >= 0.6 is 0 Å². The first-order valence-corrected chi connectivity index (χ1v) is 14.5. The number of methoxy groups -OCH3 is 2. The number of hydrogen-bond donors (Lipinski definition) is 1. The van der Waals surface area contributed by atoms with Gasteiger partial charge in [-0.05, 0) is 74.3 Å². The number of carbonyl (C=O) groups excluding carboxylic acids is 1. The lowest BCUT2D eigenvalue weighted by molar-refractivity contribution is 0.112. The largest absolute Gasteiger partial charge is 0.497 e. The van der Waals surface area contributed by atoms with E-state index in [4.69, 9.17) is 9.47 Å². The number of rotatable bonds is 10. The lowest BCUT2D eigenvalue weighted by atomic mass is 10.1. The monoisotopic (exact) mass is 551 g/mol. The third-order valence-corrected chi connectivity index (χ3v) is 7.91. The molecule has 0 spiro atoms. The molecule has 1 atom stereocenters. The average Bonchev–Trinajstić information content (AvgIpc) is 2.97. The Morgan fingerprint density at radius 1 is 0.949 bits per heavy atom. The van der Waals surface area contributed by atoms with Crippen LogP contribution in [0.2, 0.25) is 0 Å². The fourth-order valence-corrected chi connectivity index (χ4v) is 5.13. The Kier molecular flexibility index (Phi) is 11.8. The highest BCUT2D eigenvalue weighted by atomic mass is 32.2. The van der Waals surface area contributed by atoms with Gasteiger partial charge in [0.05, 0.1) is 24.8 Å². The maximum Gasteiger partial charge on any atom is 0.150 e. The molecule has 4 rings (SSSR count). The number of unbranched alkanes of at least 4 members (excludes halogenated alkanes) is 1. The van der Waals surface area contributed by atoms with Gasteiger partial charge in [-0.2, -0.15) is 0 Å². The topological polar surface area (TPSA) is 71.1 Å². The molecule has 3 aromatic rings. The summed E-state index contributed by atoms with van der Waals surface area (Å²) < 4.78 is 25.9. The zero-order valence-corrected chi connectivity index (χ0v) is 24.6. The van der Waals surface area contributed by atoms with Crippen molar-refractivity contribution in [3.05, 3.63) is 77.4 Å². The molecule has 0 bridgehead atoms. The molecule has 1 heterocycles. The summed E-state index contributed by atoms with van der Waals surface area (Å²) in [5.41, 5.74) is 4.71. The van der Waals surface area contributed by atoms with E-state index in [0.717, 1.165) is 67.3 Å². The van der Waals surface area contributed by atoms with Crippen molar-refractivity contribution < 1.29 is 18.5 Å². The van der Waals surface area contributed by atoms with Gasteiger partial charge < -0.3 is 24.0 Å². The van der Waals surface area contributed by atoms with E-state index in [0.29, 0.717) is 10.5 Å². The maximum absolute atomic E-state index is 12.3. The summed E-state index contributed by atoms with van der Waals surface area (Å²) >= 11 is 0. The highest BCUT2D eigenvalue weighted by molar-refractivity contribution is 7.86. The summed E-state index contributed by atoms with van der Waals surface area (Å²) in [6.45, 7) is 8.30. The molecule has 0 aliphatic carbocycles. The number of carbonyl (C=O) groups is 1. The third-order valence-electron chi connectivity index (χ3n) is 6.81. The molecule has 0 amide bonds. The fraction of sp³-hybridized carbons (Fsp3) is 0.387. The van der Waals surface area contributed by atoms with Crippen LogP contribution in [0.15, 0.2) is 65.6 Å². The summed E-state index contributed by atoms with van der Waals surface area (Å²) in [5, 5.41) is 0. The Hall–Kier alpha value is -3.36. The summed E-state index contributed by atoms with van der Waals surface area (Å²) in [6, 6.07) is 19.2. The van der Waals surface area contributed by atoms with Crippen LogP contribution in [-0.4, -0.2) is 62.8 Å². The lowest BCUT2D eigenvalue weighted by Gasteiger charge is -2.34. The Morgan fingerprint density at radius 2 is 1.67 bits per heavy atom. The number of nitrogens with zero attached hydrogens (tertiary/aromatic N) is 2. The van der Waals surface area contributed by atoms with Gasteiger partial charge in [0.1, 0.15) is 28.8 Å². The number of anilines is 2. The second kappa shape index (κ2) is 15.3. The van der Waals surface area contributed by atoms with E-state index in [1.54, 1.807) is 26.4 Å². The highest BCUT2D eigenvalue weighted by Crippen LogP contribution is 2.32. The molecular formula is C31H41N3O4S. The molecule has 1 fully saturated rings. The van der Waals surface area contributed by atoms with Crippen LogP contribution in [-0.2, 0) is 17.4 Å². The first kappa shape index (κ1) is 30.2. The van der Waals surface area contributed by atoms with Gasteiger partial charge in [0.15, 0.2) is 0 Å². The number of nitrogens with one attached hydrogen (secondary N) is 1. The van der Waals surface area contributed by atoms with Gasteiger partial charge in [-0.15, -0.1) is 0 Å². The molecule has 1 aliphatic rings. The average molecular weight is 552 g/mol. The van der Waals surface area contributed by atoms with E-state index in [1.165, 1.54) is 18.4 Å². The number of aryl methyl sites for hydroxylation is 2. The fourth-order valence-electron chi connectivity index (χ4n) is 4.24. The van der Waals surface area contributed by atoms with Gasteiger partial charge in [-0.1, -0.05) is 31.5 Å². The predicted octanol–water partition coefficient (Wildman–Crippen LogP) is 5.74. The van der Waals surface area contributed by atoms with E-state index in [9.17, 15) is 9.00 Å². The highest BCUT2D eigenvalue weighted by Gasteiger charge is 2.17. The Bertz CT molecular complexity index is 1230. The minimum absolute atomic E-state index is 0.572. The van der Waals surface area contributed by atoms with Crippen LogP contribution in [0.25, 0.3) is 0 Å². The number of ether oxygens (including phenoxy) is 2. The predicted molar refractivity (Wildman–Crippen MR) is 161 cm³/mol. The standard InChI is InChI=1S/C18H21NO2S.C13H20N2O2/c1-3-4-5-15-7-9-17(10-8-15)19-22(21)18-11-6-14(2)16(12-18)13-20;1-14-6-8-15(9-7-14)12-5-4-11(16-2)10-13(12)17-3/h6-13,19H,3-5H2,1-2H3;4-5,10H,6-9H2,1-3H3. The van der Waals surface area contributed by atoms with Crippen LogP contribution < -0.4 is 19.1 Å².